The van der Waals surface area contributed by atoms with E-state index in [0.717, 1.165) is 0 Å². The number of ether oxygens (including phenoxy) is 1. The lowest BCUT2D eigenvalue weighted by molar-refractivity contribution is 0.237. The molecule has 1 aromatic carbocycles. The van der Waals surface area contributed by atoms with Gasteiger partial charge in [-0.3, -0.25) is 0 Å². The first-order chi connectivity index (χ1) is 11.0. The number of carbonyl (C=O) groups is 1. The van der Waals surface area contributed by atoms with E-state index in [1.807, 2.05) is 0 Å². The number of nitrogens with one attached hydrogen (secondary N) is 2. The average Bonchev–Trinajstić information content (AvgIpc) is 2.86. The summed E-state index contributed by atoms with van der Waals surface area (Å²) in [5, 5.41) is 5.32. The van der Waals surface area contributed by atoms with Gasteiger partial charge in [0.1, 0.15) is 0 Å². The quantitative estimate of drug-likeness (QED) is 0.731. The van der Waals surface area contributed by atoms with E-state index < -0.39 is 15.7 Å². The van der Waals surface area contributed by atoms with E-state index in [9.17, 15) is 17.6 Å². The molecular weight excluding hydrogens is 323 g/mol. The van der Waals surface area contributed by atoms with Crippen molar-refractivity contribution in [2.24, 2.45) is 5.92 Å². The van der Waals surface area contributed by atoms with Crippen LogP contribution in [0.5, 0.6) is 5.75 Å². The number of sulfone groups is 1. The maximum absolute atomic E-state index is 13.3. The molecule has 1 atom stereocenters. The second-order valence-corrected chi connectivity index (χ2v) is 7.77. The monoisotopic (exact) mass is 344 g/mol. The second kappa shape index (κ2) is 8.14. The molecule has 1 aliphatic rings. The fourth-order valence-corrected chi connectivity index (χ4v) is 4.21. The van der Waals surface area contributed by atoms with Crippen LogP contribution in [-0.2, 0) is 9.84 Å². The van der Waals surface area contributed by atoms with Crippen molar-refractivity contribution < 1.29 is 22.3 Å². The molecule has 2 amide bonds. The van der Waals surface area contributed by atoms with Crippen LogP contribution in [0.3, 0.4) is 0 Å². The van der Waals surface area contributed by atoms with E-state index in [1.165, 1.54) is 6.07 Å². The molecule has 2 N–H and O–H groups in total. The Hall–Kier alpha value is -1.83. The molecule has 8 heteroatoms. The lowest BCUT2D eigenvalue weighted by atomic mass is 10.1. The zero-order valence-corrected chi connectivity index (χ0v) is 13.6. The molecule has 1 aromatic rings. The van der Waals surface area contributed by atoms with Gasteiger partial charge in [0.2, 0.25) is 0 Å². The summed E-state index contributed by atoms with van der Waals surface area (Å²) in [4.78, 5) is 11.6. The molecular formula is C15H21FN2O4S. The summed E-state index contributed by atoms with van der Waals surface area (Å²) in [5.74, 6) is 0.122. The van der Waals surface area contributed by atoms with Gasteiger partial charge in [-0.05, 0) is 30.9 Å². The largest absolute Gasteiger partial charge is 0.490 e. The third kappa shape index (κ3) is 6.05. The van der Waals surface area contributed by atoms with Crippen LogP contribution in [0, 0.1) is 11.7 Å². The number of rotatable bonds is 7. The second-order valence-electron chi connectivity index (χ2n) is 5.54. The number of amides is 2. The van der Waals surface area contributed by atoms with Crippen molar-refractivity contribution in [2.75, 3.05) is 31.2 Å². The Morgan fingerprint density at radius 1 is 1.30 bits per heavy atom. The molecule has 0 bridgehead atoms. The van der Waals surface area contributed by atoms with Gasteiger partial charge in [0.15, 0.2) is 21.4 Å². The number of urea groups is 1. The minimum Gasteiger partial charge on any atom is -0.490 e. The van der Waals surface area contributed by atoms with Crippen molar-refractivity contribution in [1.82, 2.24) is 10.6 Å². The van der Waals surface area contributed by atoms with Gasteiger partial charge >= 0.3 is 6.03 Å². The molecule has 23 heavy (non-hydrogen) atoms. The van der Waals surface area contributed by atoms with Crippen LogP contribution >= 0.6 is 0 Å². The Labute approximate surface area is 135 Å². The zero-order valence-electron chi connectivity index (χ0n) is 12.8. The van der Waals surface area contributed by atoms with E-state index >= 15 is 0 Å². The molecule has 128 valence electrons. The minimum atomic E-state index is -2.92. The van der Waals surface area contributed by atoms with Crippen molar-refractivity contribution in [3.63, 3.8) is 0 Å². The van der Waals surface area contributed by atoms with E-state index in [-0.39, 0.29) is 29.2 Å². The maximum Gasteiger partial charge on any atom is 0.314 e. The highest BCUT2D eigenvalue weighted by Crippen LogP contribution is 2.17. The van der Waals surface area contributed by atoms with Gasteiger partial charge in [-0.25, -0.2) is 17.6 Å². The summed E-state index contributed by atoms with van der Waals surface area (Å²) < 4.78 is 41.2. The molecule has 0 radical (unpaired) electrons. The van der Waals surface area contributed by atoms with E-state index in [0.29, 0.717) is 32.5 Å². The van der Waals surface area contributed by atoms with Crippen LogP contribution in [0.15, 0.2) is 24.3 Å². The summed E-state index contributed by atoms with van der Waals surface area (Å²) in [6.45, 7) is 1.04. The van der Waals surface area contributed by atoms with Crippen molar-refractivity contribution in [3.8, 4) is 5.75 Å². The third-order valence-electron chi connectivity index (χ3n) is 3.58. The molecule has 0 spiro atoms. The number of para-hydroxylation sites is 1. The fraction of sp³-hybridized carbons (Fsp3) is 0.533. The molecule has 1 heterocycles. The molecule has 0 aromatic heterocycles. The number of hydrogen-bond acceptors (Lipinski definition) is 4. The lowest BCUT2D eigenvalue weighted by Crippen LogP contribution is -2.39. The van der Waals surface area contributed by atoms with Crippen LogP contribution < -0.4 is 15.4 Å². The Bertz CT molecular complexity index is 636. The van der Waals surface area contributed by atoms with Crippen LogP contribution in [0.4, 0.5) is 9.18 Å². The van der Waals surface area contributed by atoms with Gasteiger partial charge in [0.25, 0.3) is 0 Å². The Morgan fingerprint density at radius 2 is 2.09 bits per heavy atom. The van der Waals surface area contributed by atoms with Gasteiger partial charge in [-0.15, -0.1) is 0 Å². The van der Waals surface area contributed by atoms with E-state index in [2.05, 4.69) is 10.6 Å². The van der Waals surface area contributed by atoms with Gasteiger partial charge in [-0.2, -0.15) is 0 Å². The molecule has 0 saturated carbocycles. The molecule has 0 unspecified atom stereocenters. The first-order valence-electron chi connectivity index (χ1n) is 7.56. The Kier molecular flexibility index (Phi) is 6.20. The number of carbonyl (C=O) groups excluding carboxylic acids is 1. The summed E-state index contributed by atoms with van der Waals surface area (Å²) in [5.41, 5.74) is 0. The first kappa shape index (κ1) is 17.5. The number of benzene rings is 1. The topological polar surface area (TPSA) is 84.5 Å². The van der Waals surface area contributed by atoms with Crippen LogP contribution in [-0.4, -0.2) is 45.7 Å². The lowest BCUT2D eigenvalue weighted by Gasteiger charge is -2.11. The third-order valence-corrected chi connectivity index (χ3v) is 5.42. The molecule has 1 aliphatic heterocycles. The Morgan fingerprint density at radius 3 is 2.78 bits per heavy atom. The van der Waals surface area contributed by atoms with Crippen molar-refractivity contribution >= 4 is 15.9 Å². The van der Waals surface area contributed by atoms with Crippen LogP contribution in [0.25, 0.3) is 0 Å². The van der Waals surface area contributed by atoms with Gasteiger partial charge in [0.05, 0.1) is 18.1 Å². The number of hydrogen-bond donors (Lipinski definition) is 2. The maximum atomic E-state index is 13.3. The highest BCUT2D eigenvalue weighted by molar-refractivity contribution is 7.91. The molecule has 6 nitrogen and oxygen atoms in total. The predicted molar refractivity (Wildman–Crippen MR) is 84.7 cm³/mol. The highest BCUT2D eigenvalue weighted by Gasteiger charge is 2.27. The molecule has 1 fully saturated rings. The summed E-state index contributed by atoms with van der Waals surface area (Å²) in [6, 6.07) is 5.81. The van der Waals surface area contributed by atoms with E-state index in [4.69, 9.17) is 4.74 Å². The first-order valence-corrected chi connectivity index (χ1v) is 9.38. The zero-order chi connectivity index (χ0) is 16.7. The standard InChI is InChI=1S/C15H21FN2O4S/c16-13-4-1-2-5-14(13)22-8-3-7-17-15(19)18-10-12-6-9-23(20,21)11-12/h1-2,4-5,12H,3,6-11H2,(H2,17,18,19)/t12-/m0/s1. The van der Waals surface area contributed by atoms with Crippen LogP contribution in [0.2, 0.25) is 0 Å². The summed E-state index contributed by atoms with van der Waals surface area (Å²) in [6.07, 6.45) is 1.14. The molecule has 2 rings (SSSR count). The minimum absolute atomic E-state index is 0.00450. The normalized spacial score (nSPS) is 19.3. The molecule has 0 aliphatic carbocycles. The molecule has 1 saturated heterocycles. The summed E-state index contributed by atoms with van der Waals surface area (Å²) in [7, 11) is -2.92. The van der Waals surface area contributed by atoms with Crippen LogP contribution in [0.1, 0.15) is 12.8 Å². The fourth-order valence-electron chi connectivity index (χ4n) is 2.35. The summed E-state index contributed by atoms with van der Waals surface area (Å²) >= 11 is 0. The van der Waals surface area contributed by atoms with Gasteiger partial charge in [0, 0.05) is 13.1 Å². The number of halogens is 1. The van der Waals surface area contributed by atoms with Crippen molar-refractivity contribution in [2.45, 2.75) is 12.8 Å². The smallest absolute Gasteiger partial charge is 0.314 e. The SMILES string of the molecule is O=C(NCCCOc1ccccc1F)NC[C@@H]1CCS(=O)(=O)C1. The van der Waals surface area contributed by atoms with E-state index in [1.54, 1.807) is 18.2 Å². The van der Waals surface area contributed by atoms with Gasteiger partial charge in [-0.1, -0.05) is 12.1 Å². The van der Waals surface area contributed by atoms with Gasteiger partial charge < -0.3 is 15.4 Å². The predicted octanol–water partition coefficient (Wildman–Crippen LogP) is 1.33. The average molecular weight is 344 g/mol. The Balaban J connectivity index is 1.54. The van der Waals surface area contributed by atoms with Crippen molar-refractivity contribution in [3.05, 3.63) is 30.1 Å². The van der Waals surface area contributed by atoms with Crippen molar-refractivity contribution in [1.29, 1.82) is 0 Å². The highest BCUT2D eigenvalue weighted by atomic mass is 32.2.